The van der Waals surface area contributed by atoms with E-state index in [1.807, 2.05) is 11.5 Å². The summed E-state index contributed by atoms with van der Waals surface area (Å²) in [5.74, 6) is 0.408. The molecule has 1 unspecified atom stereocenters. The lowest BCUT2D eigenvalue weighted by Gasteiger charge is -2.12. The zero-order chi connectivity index (χ0) is 20.9. The van der Waals surface area contributed by atoms with Crippen molar-refractivity contribution in [3.05, 3.63) is 40.4 Å². The van der Waals surface area contributed by atoms with E-state index in [0.29, 0.717) is 30.9 Å². The van der Waals surface area contributed by atoms with Crippen molar-refractivity contribution >= 4 is 28.1 Å². The first kappa shape index (κ1) is 21.6. The highest BCUT2D eigenvalue weighted by atomic mass is 32.2. The van der Waals surface area contributed by atoms with Gasteiger partial charge in [0.2, 0.25) is 10.0 Å². The van der Waals surface area contributed by atoms with E-state index in [-0.39, 0.29) is 29.0 Å². The van der Waals surface area contributed by atoms with E-state index in [2.05, 4.69) is 20.2 Å². The molecule has 1 atom stereocenters. The standard InChI is InChI=1S/C18H25N5O4S2/c1-2-23-16(21-22-18(23)28)8-9-19-17(24)13-5-3-7-15(11-13)29(25,26)20-12-14-6-4-10-27-14/h3,5,7,11,14,20H,2,4,6,8-10,12H2,1H3,(H,19,24)(H,22,28). The highest BCUT2D eigenvalue weighted by Crippen LogP contribution is 2.14. The first-order valence-corrected chi connectivity index (χ1v) is 11.4. The van der Waals surface area contributed by atoms with Crippen molar-refractivity contribution < 1.29 is 17.9 Å². The number of nitrogens with zero attached hydrogens (tertiary/aromatic N) is 2. The number of ether oxygens (including phenoxy) is 1. The molecule has 1 fully saturated rings. The van der Waals surface area contributed by atoms with Crippen molar-refractivity contribution in [1.29, 1.82) is 0 Å². The molecule has 3 N–H and O–H groups in total. The average molecular weight is 440 g/mol. The molecule has 1 amide bonds. The Kier molecular flexibility index (Phi) is 7.17. The highest BCUT2D eigenvalue weighted by molar-refractivity contribution is 7.89. The van der Waals surface area contributed by atoms with Crippen LogP contribution in [0, 0.1) is 4.77 Å². The summed E-state index contributed by atoms with van der Waals surface area (Å²) in [5.41, 5.74) is 0.277. The zero-order valence-corrected chi connectivity index (χ0v) is 17.8. The summed E-state index contributed by atoms with van der Waals surface area (Å²) >= 11 is 5.14. The Hall–Kier alpha value is -2.08. The van der Waals surface area contributed by atoms with Gasteiger partial charge in [-0.3, -0.25) is 9.89 Å². The van der Waals surface area contributed by atoms with E-state index >= 15 is 0 Å². The van der Waals surface area contributed by atoms with Crippen LogP contribution in [-0.2, 0) is 27.7 Å². The number of sulfonamides is 1. The van der Waals surface area contributed by atoms with E-state index < -0.39 is 10.0 Å². The smallest absolute Gasteiger partial charge is 0.251 e. The number of aromatic nitrogens is 3. The molecule has 1 aromatic carbocycles. The minimum absolute atomic E-state index is 0.0509. The van der Waals surface area contributed by atoms with Crippen LogP contribution < -0.4 is 10.0 Å². The molecule has 0 aliphatic carbocycles. The van der Waals surface area contributed by atoms with Gasteiger partial charge in [0.25, 0.3) is 5.91 Å². The molecule has 29 heavy (non-hydrogen) atoms. The molecule has 11 heteroatoms. The molecule has 1 aromatic heterocycles. The van der Waals surface area contributed by atoms with Crippen molar-refractivity contribution in [3.8, 4) is 0 Å². The number of rotatable bonds is 9. The van der Waals surface area contributed by atoms with Crippen LogP contribution in [0.1, 0.15) is 35.9 Å². The minimum atomic E-state index is -3.71. The van der Waals surface area contributed by atoms with Gasteiger partial charge in [-0.05, 0) is 50.2 Å². The maximum atomic E-state index is 12.5. The van der Waals surface area contributed by atoms with E-state index in [0.717, 1.165) is 18.7 Å². The third-order valence-electron chi connectivity index (χ3n) is 4.72. The van der Waals surface area contributed by atoms with E-state index in [1.165, 1.54) is 12.1 Å². The molecule has 1 aliphatic rings. The summed E-state index contributed by atoms with van der Waals surface area (Å²) in [7, 11) is -3.71. The summed E-state index contributed by atoms with van der Waals surface area (Å²) in [5, 5.41) is 9.68. The van der Waals surface area contributed by atoms with Gasteiger partial charge in [0, 0.05) is 38.2 Å². The van der Waals surface area contributed by atoms with Crippen molar-refractivity contribution in [2.75, 3.05) is 19.7 Å². The van der Waals surface area contributed by atoms with Gasteiger partial charge in [0.15, 0.2) is 4.77 Å². The van der Waals surface area contributed by atoms with Crippen LogP contribution in [0.4, 0.5) is 0 Å². The predicted molar refractivity (Wildman–Crippen MR) is 110 cm³/mol. The molecule has 0 radical (unpaired) electrons. The number of benzene rings is 1. The third kappa shape index (κ3) is 5.50. The summed E-state index contributed by atoms with van der Waals surface area (Å²) < 4.78 is 35.4. The predicted octanol–water partition coefficient (Wildman–Crippen LogP) is 1.39. The molecule has 0 spiro atoms. The van der Waals surface area contributed by atoms with Gasteiger partial charge < -0.3 is 14.6 Å². The van der Waals surface area contributed by atoms with Gasteiger partial charge in [-0.2, -0.15) is 5.10 Å². The van der Waals surface area contributed by atoms with Crippen LogP contribution in [0.15, 0.2) is 29.2 Å². The number of hydrogen-bond acceptors (Lipinski definition) is 6. The van der Waals surface area contributed by atoms with Gasteiger partial charge in [-0.25, -0.2) is 13.1 Å². The second-order valence-electron chi connectivity index (χ2n) is 6.71. The average Bonchev–Trinajstić information content (AvgIpc) is 3.36. The Balaban J connectivity index is 1.59. The number of carbonyl (C=O) groups excluding carboxylic acids is 1. The van der Waals surface area contributed by atoms with Crippen LogP contribution in [-0.4, -0.2) is 54.9 Å². The maximum Gasteiger partial charge on any atom is 0.251 e. The van der Waals surface area contributed by atoms with Gasteiger partial charge in [-0.15, -0.1) is 0 Å². The number of nitrogens with one attached hydrogen (secondary N) is 3. The Labute approximate surface area is 174 Å². The fraction of sp³-hybridized carbons (Fsp3) is 0.500. The molecule has 158 valence electrons. The fourth-order valence-electron chi connectivity index (χ4n) is 3.15. The molecule has 0 bridgehead atoms. The monoisotopic (exact) mass is 439 g/mol. The Bertz CT molecular complexity index is 1010. The van der Waals surface area contributed by atoms with E-state index in [4.69, 9.17) is 17.0 Å². The van der Waals surface area contributed by atoms with Crippen molar-refractivity contribution in [3.63, 3.8) is 0 Å². The minimum Gasteiger partial charge on any atom is -0.377 e. The summed E-state index contributed by atoms with van der Waals surface area (Å²) in [6, 6.07) is 5.97. The lowest BCUT2D eigenvalue weighted by molar-refractivity contribution is 0.0953. The Morgan fingerprint density at radius 2 is 2.28 bits per heavy atom. The quantitative estimate of drug-likeness (QED) is 0.508. The maximum absolute atomic E-state index is 12.5. The van der Waals surface area contributed by atoms with Crippen molar-refractivity contribution in [2.24, 2.45) is 0 Å². The summed E-state index contributed by atoms with van der Waals surface area (Å²) in [6.45, 7) is 3.90. The van der Waals surface area contributed by atoms with Gasteiger partial charge in [0.1, 0.15) is 5.82 Å². The van der Waals surface area contributed by atoms with Crippen LogP contribution >= 0.6 is 12.2 Å². The lowest BCUT2D eigenvalue weighted by atomic mass is 10.2. The first-order valence-electron chi connectivity index (χ1n) is 9.54. The van der Waals surface area contributed by atoms with Crippen molar-refractivity contribution in [2.45, 2.75) is 43.7 Å². The Morgan fingerprint density at radius 3 is 3.00 bits per heavy atom. The molecule has 1 saturated heterocycles. The van der Waals surface area contributed by atoms with Gasteiger partial charge >= 0.3 is 0 Å². The topological polar surface area (TPSA) is 118 Å². The van der Waals surface area contributed by atoms with Crippen LogP contribution in [0.5, 0.6) is 0 Å². The molecule has 9 nitrogen and oxygen atoms in total. The summed E-state index contributed by atoms with van der Waals surface area (Å²) in [6.07, 6.45) is 2.19. The van der Waals surface area contributed by atoms with E-state index in [9.17, 15) is 13.2 Å². The second kappa shape index (κ2) is 9.61. The first-order chi connectivity index (χ1) is 13.9. The number of amides is 1. The number of carbonyl (C=O) groups is 1. The number of H-pyrrole nitrogens is 1. The third-order valence-corrected chi connectivity index (χ3v) is 6.45. The molecule has 2 heterocycles. The molecule has 2 aromatic rings. The SMILES string of the molecule is CCn1c(CCNC(=O)c2cccc(S(=O)(=O)NCC3CCCO3)c2)n[nH]c1=S. The molecule has 0 saturated carbocycles. The lowest BCUT2D eigenvalue weighted by Crippen LogP contribution is -2.32. The summed E-state index contributed by atoms with van der Waals surface area (Å²) in [4.78, 5) is 12.5. The normalized spacial score (nSPS) is 16.8. The van der Waals surface area contributed by atoms with Crippen LogP contribution in [0.3, 0.4) is 0 Å². The van der Waals surface area contributed by atoms with Crippen molar-refractivity contribution in [1.82, 2.24) is 24.8 Å². The highest BCUT2D eigenvalue weighted by Gasteiger charge is 2.21. The van der Waals surface area contributed by atoms with E-state index in [1.54, 1.807) is 12.1 Å². The second-order valence-corrected chi connectivity index (χ2v) is 8.86. The number of aromatic amines is 1. The fourth-order valence-corrected chi connectivity index (χ4v) is 4.54. The van der Waals surface area contributed by atoms with Gasteiger partial charge in [-0.1, -0.05) is 6.07 Å². The van der Waals surface area contributed by atoms with Crippen LogP contribution in [0.25, 0.3) is 0 Å². The molecule has 3 rings (SSSR count). The largest absolute Gasteiger partial charge is 0.377 e. The van der Waals surface area contributed by atoms with Crippen LogP contribution in [0.2, 0.25) is 0 Å². The van der Waals surface area contributed by atoms with Gasteiger partial charge in [0.05, 0.1) is 11.0 Å². The molecular weight excluding hydrogens is 414 g/mol. The number of hydrogen-bond donors (Lipinski definition) is 3. The molecular formula is C18H25N5O4S2. The Morgan fingerprint density at radius 1 is 1.45 bits per heavy atom. The molecule has 1 aliphatic heterocycles. The zero-order valence-electron chi connectivity index (χ0n) is 16.2.